The molecule has 0 bridgehead atoms. The van der Waals surface area contributed by atoms with E-state index >= 15 is 0 Å². The average molecular weight is 336 g/mol. The molecule has 0 atom stereocenters. The highest BCUT2D eigenvalue weighted by molar-refractivity contribution is 6.30. The highest BCUT2D eigenvalue weighted by Crippen LogP contribution is 2.20. The summed E-state index contributed by atoms with van der Waals surface area (Å²) in [4.78, 5) is 18.5. The monoisotopic (exact) mass is 335 g/mol. The van der Waals surface area contributed by atoms with Crippen molar-refractivity contribution in [1.82, 2.24) is 4.98 Å². The third-order valence-electron chi connectivity index (χ3n) is 3.52. The Hall–Kier alpha value is -2.18. The molecule has 23 heavy (non-hydrogen) atoms. The van der Waals surface area contributed by atoms with E-state index in [4.69, 9.17) is 16.3 Å². The molecule has 0 unspecified atom stereocenters. The fraction of sp³-hybridized carbons (Fsp3) is 0.250. The Morgan fingerprint density at radius 2 is 2.04 bits per heavy atom. The third kappa shape index (κ3) is 3.78. The van der Waals surface area contributed by atoms with E-state index in [1.807, 2.05) is 0 Å². The van der Waals surface area contributed by atoms with Crippen molar-refractivity contribution in [2.24, 2.45) is 0 Å². The number of halogens is 2. The Labute approximate surface area is 138 Å². The van der Waals surface area contributed by atoms with Crippen LogP contribution in [0, 0.1) is 5.82 Å². The van der Waals surface area contributed by atoms with E-state index in [9.17, 15) is 9.18 Å². The van der Waals surface area contributed by atoms with Crippen molar-refractivity contribution in [2.75, 3.05) is 36.5 Å². The summed E-state index contributed by atoms with van der Waals surface area (Å²) in [5.74, 6) is -0.210. The van der Waals surface area contributed by atoms with E-state index in [0.29, 0.717) is 18.8 Å². The van der Waals surface area contributed by atoms with Crippen LogP contribution in [0.1, 0.15) is 10.4 Å². The molecule has 2 aromatic rings. The minimum absolute atomic E-state index is 0.0802. The molecule has 1 amide bonds. The molecular formula is C16H15ClFN3O2. The van der Waals surface area contributed by atoms with Crippen LogP contribution in [0.2, 0.25) is 5.02 Å². The van der Waals surface area contributed by atoms with E-state index < -0.39 is 11.7 Å². The number of pyridine rings is 1. The van der Waals surface area contributed by atoms with Crippen molar-refractivity contribution in [1.29, 1.82) is 0 Å². The smallest absolute Gasteiger partial charge is 0.257 e. The molecule has 1 aromatic heterocycles. The molecule has 120 valence electrons. The minimum atomic E-state index is -0.580. The van der Waals surface area contributed by atoms with Gasteiger partial charge in [0.25, 0.3) is 5.91 Å². The maximum atomic E-state index is 13.7. The van der Waals surface area contributed by atoms with Crippen molar-refractivity contribution in [3.8, 4) is 0 Å². The van der Waals surface area contributed by atoms with Crippen LogP contribution < -0.4 is 10.2 Å². The molecule has 1 saturated heterocycles. The lowest BCUT2D eigenvalue weighted by atomic mass is 10.2. The van der Waals surface area contributed by atoms with Crippen LogP contribution in [0.15, 0.2) is 36.5 Å². The van der Waals surface area contributed by atoms with E-state index in [2.05, 4.69) is 15.2 Å². The lowest BCUT2D eigenvalue weighted by molar-refractivity contribution is 0.102. The van der Waals surface area contributed by atoms with E-state index in [-0.39, 0.29) is 10.7 Å². The van der Waals surface area contributed by atoms with Crippen molar-refractivity contribution < 1.29 is 13.9 Å². The topological polar surface area (TPSA) is 54.5 Å². The normalized spacial score (nSPS) is 14.6. The van der Waals surface area contributed by atoms with Gasteiger partial charge in [0.15, 0.2) is 0 Å². The summed E-state index contributed by atoms with van der Waals surface area (Å²) in [6, 6.07) is 7.53. The van der Waals surface area contributed by atoms with Crippen LogP contribution in [0.4, 0.5) is 15.9 Å². The first-order chi connectivity index (χ1) is 11.1. The van der Waals surface area contributed by atoms with Crippen LogP contribution in [0.5, 0.6) is 0 Å². The number of hydrogen-bond donors (Lipinski definition) is 1. The Kier molecular flexibility index (Phi) is 4.73. The Morgan fingerprint density at radius 3 is 2.70 bits per heavy atom. The zero-order chi connectivity index (χ0) is 16.2. The van der Waals surface area contributed by atoms with E-state index in [0.717, 1.165) is 25.0 Å². The minimum Gasteiger partial charge on any atom is -0.378 e. The number of benzene rings is 1. The fourth-order valence-electron chi connectivity index (χ4n) is 2.29. The predicted molar refractivity (Wildman–Crippen MR) is 86.6 cm³/mol. The molecule has 0 spiro atoms. The number of aromatic nitrogens is 1. The number of morpholine rings is 1. The first-order valence-corrected chi connectivity index (χ1v) is 7.56. The number of rotatable bonds is 3. The van der Waals surface area contributed by atoms with Gasteiger partial charge in [-0.2, -0.15) is 0 Å². The largest absolute Gasteiger partial charge is 0.378 e. The number of nitrogens with zero attached hydrogens (tertiary/aromatic N) is 2. The summed E-state index contributed by atoms with van der Waals surface area (Å²) in [6.45, 7) is 2.88. The number of carbonyl (C=O) groups excluding carboxylic acids is 1. The highest BCUT2D eigenvalue weighted by Gasteiger charge is 2.14. The average Bonchev–Trinajstić information content (AvgIpc) is 2.58. The standard InChI is InChI=1S/C16H15ClFN3O2/c17-12-2-3-14(13(18)9-12)20-16(22)11-1-4-15(19-10-11)21-5-7-23-8-6-21/h1-4,9-10H,5-8H2,(H,20,22). The predicted octanol–water partition coefficient (Wildman–Crippen LogP) is 2.96. The molecular weight excluding hydrogens is 321 g/mol. The van der Waals surface area contributed by atoms with Crippen LogP contribution >= 0.6 is 11.6 Å². The summed E-state index contributed by atoms with van der Waals surface area (Å²) in [6.07, 6.45) is 1.48. The lowest BCUT2D eigenvalue weighted by Crippen LogP contribution is -2.36. The molecule has 0 saturated carbocycles. The second-order valence-corrected chi connectivity index (χ2v) is 5.52. The van der Waals surface area contributed by atoms with Gasteiger partial charge in [0, 0.05) is 24.3 Å². The van der Waals surface area contributed by atoms with Gasteiger partial charge in [-0.15, -0.1) is 0 Å². The van der Waals surface area contributed by atoms with Crippen LogP contribution in [-0.4, -0.2) is 37.2 Å². The number of hydrogen-bond acceptors (Lipinski definition) is 4. The zero-order valence-corrected chi connectivity index (χ0v) is 13.0. The van der Waals surface area contributed by atoms with E-state index in [1.54, 1.807) is 12.1 Å². The summed E-state index contributed by atoms with van der Waals surface area (Å²) in [5.41, 5.74) is 0.438. The van der Waals surface area contributed by atoms with Crippen molar-refractivity contribution in [2.45, 2.75) is 0 Å². The summed E-state index contributed by atoms with van der Waals surface area (Å²) in [5, 5.41) is 2.78. The van der Waals surface area contributed by atoms with Gasteiger partial charge >= 0.3 is 0 Å². The summed E-state index contributed by atoms with van der Waals surface area (Å²) >= 11 is 5.69. The molecule has 1 aromatic carbocycles. The van der Waals surface area contributed by atoms with Gasteiger partial charge in [-0.25, -0.2) is 9.37 Å². The maximum absolute atomic E-state index is 13.7. The molecule has 5 nitrogen and oxygen atoms in total. The van der Waals surface area contributed by atoms with Gasteiger partial charge in [-0.05, 0) is 30.3 Å². The molecule has 1 fully saturated rings. The van der Waals surface area contributed by atoms with Gasteiger partial charge < -0.3 is 15.0 Å². The Balaban J connectivity index is 1.69. The number of carbonyl (C=O) groups is 1. The Bertz CT molecular complexity index is 703. The summed E-state index contributed by atoms with van der Waals surface area (Å²) in [7, 11) is 0. The van der Waals surface area contributed by atoms with Crippen molar-refractivity contribution in [3.63, 3.8) is 0 Å². The number of anilines is 2. The van der Waals surface area contributed by atoms with Gasteiger partial charge in [-0.3, -0.25) is 4.79 Å². The van der Waals surface area contributed by atoms with Gasteiger partial charge in [0.1, 0.15) is 11.6 Å². The number of nitrogens with one attached hydrogen (secondary N) is 1. The summed E-state index contributed by atoms with van der Waals surface area (Å²) < 4.78 is 19.0. The van der Waals surface area contributed by atoms with Crippen LogP contribution in [-0.2, 0) is 4.74 Å². The van der Waals surface area contributed by atoms with Crippen LogP contribution in [0.3, 0.4) is 0 Å². The second kappa shape index (κ2) is 6.93. The van der Waals surface area contributed by atoms with Crippen LogP contribution in [0.25, 0.3) is 0 Å². The fourth-order valence-corrected chi connectivity index (χ4v) is 2.44. The zero-order valence-electron chi connectivity index (χ0n) is 12.3. The van der Waals surface area contributed by atoms with Crippen molar-refractivity contribution in [3.05, 3.63) is 52.9 Å². The van der Waals surface area contributed by atoms with Gasteiger partial charge in [0.05, 0.1) is 24.5 Å². The quantitative estimate of drug-likeness (QED) is 0.937. The van der Waals surface area contributed by atoms with Crippen molar-refractivity contribution >= 4 is 29.0 Å². The molecule has 0 aliphatic carbocycles. The SMILES string of the molecule is O=C(Nc1ccc(Cl)cc1F)c1ccc(N2CCOCC2)nc1. The molecule has 2 heterocycles. The highest BCUT2D eigenvalue weighted by atomic mass is 35.5. The Morgan fingerprint density at radius 1 is 1.26 bits per heavy atom. The maximum Gasteiger partial charge on any atom is 0.257 e. The molecule has 0 radical (unpaired) electrons. The second-order valence-electron chi connectivity index (χ2n) is 5.08. The number of amides is 1. The molecule has 7 heteroatoms. The third-order valence-corrected chi connectivity index (χ3v) is 3.76. The van der Waals surface area contributed by atoms with E-state index in [1.165, 1.54) is 18.3 Å². The molecule has 1 aliphatic rings. The number of ether oxygens (including phenoxy) is 1. The molecule has 1 N–H and O–H groups in total. The van der Waals surface area contributed by atoms with Gasteiger partial charge in [0.2, 0.25) is 0 Å². The lowest BCUT2D eigenvalue weighted by Gasteiger charge is -2.27. The first kappa shape index (κ1) is 15.7. The van der Waals surface area contributed by atoms with Gasteiger partial charge in [-0.1, -0.05) is 11.6 Å². The molecule has 3 rings (SSSR count). The first-order valence-electron chi connectivity index (χ1n) is 7.18. The molecule has 1 aliphatic heterocycles.